The quantitative estimate of drug-likeness (QED) is 0.828. The van der Waals surface area contributed by atoms with Crippen molar-refractivity contribution in [1.82, 2.24) is 19.9 Å². The van der Waals surface area contributed by atoms with Gasteiger partial charge in [0, 0.05) is 33.1 Å². The highest BCUT2D eigenvalue weighted by atomic mass is 35.5. The molecular weight excluding hydrogens is 282 g/mol. The summed E-state index contributed by atoms with van der Waals surface area (Å²) < 4.78 is 5.27. The molecule has 0 unspecified atom stereocenters. The fraction of sp³-hybridized carbons (Fsp3) is 0.667. The number of aromatic nitrogens is 3. The summed E-state index contributed by atoms with van der Waals surface area (Å²) in [6.45, 7) is 6.77. The van der Waals surface area contributed by atoms with Crippen molar-refractivity contribution in [1.29, 1.82) is 0 Å². The molecule has 0 saturated carbocycles. The molecule has 0 aliphatic carbocycles. The van der Waals surface area contributed by atoms with Crippen LogP contribution in [0.4, 0.5) is 5.95 Å². The highest BCUT2D eigenvalue weighted by molar-refractivity contribution is 6.28. The van der Waals surface area contributed by atoms with Gasteiger partial charge < -0.3 is 14.5 Å². The van der Waals surface area contributed by atoms with Gasteiger partial charge in [-0.15, -0.1) is 0 Å². The van der Waals surface area contributed by atoms with Gasteiger partial charge in [-0.05, 0) is 24.9 Å². The monoisotopic (exact) mass is 299 g/mol. The molecule has 110 valence electrons. The second-order valence-electron chi connectivity index (χ2n) is 4.47. The smallest absolute Gasteiger partial charge is 0.322 e. The lowest BCUT2D eigenvalue weighted by Gasteiger charge is -2.21. The topological polar surface area (TPSA) is 71.5 Å². The van der Waals surface area contributed by atoms with Crippen molar-refractivity contribution in [2.75, 3.05) is 37.7 Å². The van der Waals surface area contributed by atoms with Crippen LogP contribution >= 0.6 is 11.6 Å². The van der Waals surface area contributed by atoms with E-state index >= 15 is 0 Å². The highest BCUT2D eigenvalue weighted by Crippen LogP contribution is 2.17. The van der Waals surface area contributed by atoms with Crippen LogP contribution < -0.4 is 9.64 Å². The molecule has 0 bridgehead atoms. The molecule has 1 fully saturated rings. The van der Waals surface area contributed by atoms with Crippen molar-refractivity contribution in [3.63, 3.8) is 0 Å². The SMILES string of the molecule is CCOc1nc(Cl)nc(N2CCCN(C(C)=O)CC2)n1. The maximum absolute atomic E-state index is 11.4. The molecule has 1 aromatic rings. The van der Waals surface area contributed by atoms with Crippen molar-refractivity contribution in [3.8, 4) is 6.01 Å². The van der Waals surface area contributed by atoms with Crippen LogP contribution in [0.1, 0.15) is 20.3 Å². The summed E-state index contributed by atoms with van der Waals surface area (Å²) >= 11 is 5.89. The van der Waals surface area contributed by atoms with Gasteiger partial charge >= 0.3 is 6.01 Å². The molecule has 2 rings (SSSR count). The molecule has 8 heteroatoms. The van der Waals surface area contributed by atoms with E-state index in [1.807, 2.05) is 16.7 Å². The van der Waals surface area contributed by atoms with Gasteiger partial charge in [0.1, 0.15) is 0 Å². The molecule has 1 amide bonds. The molecule has 0 N–H and O–H groups in total. The molecular formula is C12H18ClN5O2. The maximum Gasteiger partial charge on any atom is 0.322 e. The van der Waals surface area contributed by atoms with Gasteiger partial charge in [0.15, 0.2) is 0 Å². The van der Waals surface area contributed by atoms with Gasteiger partial charge in [0.05, 0.1) is 6.61 Å². The summed E-state index contributed by atoms with van der Waals surface area (Å²) in [5.74, 6) is 0.592. The molecule has 0 atom stereocenters. The van der Waals surface area contributed by atoms with E-state index in [2.05, 4.69) is 15.0 Å². The zero-order valence-corrected chi connectivity index (χ0v) is 12.4. The predicted molar refractivity (Wildman–Crippen MR) is 75.1 cm³/mol. The lowest BCUT2D eigenvalue weighted by Crippen LogP contribution is -2.34. The summed E-state index contributed by atoms with van der Waals surface area (Å²) in [5.41, 5.74) is 0. The van der Waals surface area contributed by atoms with Gasteiger partial charge in [0.2, 0.25) is 17.1 Å². The van der Waals surface area contributed by atoms with Gasteiger partial charge in [-0.2, -0.15) is 15.0 Å². The number of carbonyl (C=O) groups excluding carboxylic acids is 1. The molecule has 0 aromatic carbocycles. The Morgan fingerprint density at radius 3 is 2.75 bits per heavy atom. The van der Waals surface area contributed by atoms with Crippen LogP contribution in [0.25, 0.3) is 0 Å². The van der Waals surface area contributed by atoms with Crippen molar-refractivity contribution < 1.29 is 9.53 Å². The molecule has 0 radical (unpaired) electrons. The van der Waals surface area contributed by atoms with Crippen LogP contribution in [0.2, 0.25) is 5.28 Å². The van der Waals surface area contributed by atoms with Crippen LogP contribution in [0, 0.1) is 0 Å². The summed E-state index contributed by atoms with van der Waals surface area (Å²) in [6, 6.07) is 0.232. The van der Waals surface area contributed by atoms with E-state index in [0.29, 0.717) is 25.6 Å². The Morgan fingerprint density at radius 2 is 2.05 bits per heavy atom. The Balaban J connectivity index is 2.12. The first-order valence-corrected chi connectivity index (χ1v) is 7.02. The fourth-order valence-electron chi connectivity index (χ4n) is 2.09. The molecule has 20 heavy (non-hydrogen) atoms. The van der Waals surface area contributed by atoms with Crippen molar-refractivity contribution >= 4 is 23.5 Å². The minimum atomic E-state index is 0.0931. The summed E-state index contributed by atoms with van der Waals surface area (Å²) in [6.07, 6.45) is 0.868. The highest BCUT2D eigenvalue weighted by Gasteiger charge is 2.19. The van der Waals surface area contributed by atoms with Crippen molar-refractivity contribution in [2.24, 2.45) is 0 Å². The second kappa shape index (κ2) is 6.69. The summed E-state index contributed by atoms with van der Waals surface area (Å²) in [5, 5.41) is 0.117. The number of nitrogens with zero attached hydrogens (tertiary/aromatic N) is 5. The standard InChI is InChI=1S/C12H18ClN5O2/c1-3-20-12-15-10(13)14-11(16-12)18-6-4-5-17(7-8-18)9(2)19/h3-8H2,1-2H3. The average molecular weight is 300 g/mol. The van der Waals surface area contributed by atoms with Crippen molar-refractivity contribution in [2.45, 2.75) is 20.3 Å². The van der Waals surface area contributed by atoms with Gasteiger partial charge in [0.25, 0.3) is 0 Å². The van der Waals surface area contributed by atoms with E-state index in [-0.39, 0.29) is 17.2 Å². The van der Waals surface area contributed by atoms with E-state index in [4.69, 9.17) is 16.3 Å². The molecule has 0 spiro atoms. The lowest BCUT2D eigenvalue weighted by atomic mass is 10.4. The second-order valence-corrected chi connectivity index (χ2v) is 4.80. The molecule has 1 aliphatic rings. The van der Waals surface area contributed by atoms with Gasteiger partial charge in [-0.3, -0.25) is 4.79 Å². The third-order valence-corrected chi connectivity index (χ3v) is 3.24. The zero-order chi connectivity index (χ0) is 14.5. The molecule has 2 heterocycles. The number of hydrogen-bond acceptors (Lipinski definition) is 6. The number of ether oxygens (including phenoxy) is 1. The van der Waals surface area contributed by atoms with Crippen LogP contribution in [-0.2, 0) is 4.79 Å². The van der Waals surface area contributed by atoms with E-state index in [0.717, 1.165) is 19.5 Å². The summed E-state index contributed by atoms with van der Waals surface area (Å²) in [4.78, 5) is 27.5. The van der Waals surface area contributed by atoms with Crippen LogP contribution in [0.3, 0.4) is 0 Å². The number of anilines is 1. The normalized spacial score (nSPS) is 15.9. The zero-order valence-electron chi connectivity index (χ0n) is 11.7. The molecule has 7 nitrogen and oxygen atoms in total. The van der Waals surface area contributed by atoms with E-state index in [1.165, 1.54) is 0 Å². The molecule has 1 aromatic heterocycles. The summed E-state index contributed by atoms with van der Waals surface area (Å²) in [7, 11) is 0. The Kier molecular flexibility index (Phi) is 4.94. The van der Waals surface area contributed by atoms with Crippen LogP contribution in [0.5, 0.6) is 6.01 Å². The number of rotatable bonds is 3. The van der Waals surface area contributed by atoms with Crippen molar-refractivity contribution in [3.05, 3.63) is 5.28 Å². The minimum absolute atomic E-state index is 0.0931. The lowest BCUT2D eigenvalue weighted by molar-refractivity contribution is -0.128. The number of hydrogen-bond donors (Lipinski definition) is 0. The minimum Gasteiger partial charge on any atom is -0.464 e. The van der Waals surface area contributed by atoms with Crippen LogP contribution in [0.15, 0.2) is 0 Å². The number of halogens is 1. The van der Waals surface area contributed by atoms with E-state index in [1.54, 1.807) is 6.92 Å². The number of amides is 1. The Hall–Kier alpha value is -1.63. The largest absolute Gasteiger partial charge is 0.464 e. The first-order valence-electron chi connectivity index (χ1n) is 6.65. The Morgan fingerprint density at radius 1 is 1.25 bits per heavy atom. The van der Waals surface area contributed by atoms with E-state index < -0.39 is 0 Å². The first kappa shape index (κ1) is 14.8. The fourth-order valence-corrected chi connectivity index (χ4v) is 2.24. The molecule has 1 aliphatic heterocycles. The Bertz CT molecular complexity index is 485. The third-order valence-electron chi connectivity index (χ3n) is 3.07. The maximum atomic E-state index is 11.4. The average Bonchev–Trinajstić information content (AvgIpc) is 2.64. The Labute approximate surface area is 122 Å². The first-order chi connectivity index (χ1) is 9.60. The third kappa shape index (κ3) is 3.69. The molecule has 1 saturated heterocycles. The van der Waals surface area contributed by atoms with Gasteiger partial charge in [-0.25, -0.2) is 0 Å². The van der Waals surface area contributed by atoms with E-state index in [9.17, 15) is 4.79 Å². The predicted octanol–water partition coefficient (Wildman–Crippen LogP) is 0.982. The van der Waals surface area contributed by atoms with Gasteiger partial charge in [-0.1, -0.05) is 0 Å². The van der Waals surface area contributed by atoms with Crippen LogP contribution in [-0.4, -0.2) is 58.5 Å². The number of carbonyl (C=O) groups is 1.